The van der Waals surface area contributed by atoms with Crippen molar-refractivity contribution in [3.05, 3.63) is 172 Å². The van der Waals surface area contributed by atoms with Crippen LogP contribution in [-0.4, -0.2) is 6.04 Å². The molecule has 5 aliphatic rings. The molecule has 3 heterocycles. The molecular formula is C45H28N4O2. The topological polar surface area (TPSA) is 97.0 Å². The van der Waals surface area contributed by atoms with E-state index in [4.69, 9.17) is 9.15 Å². The second kappa shape index (κ2) is 11.1. The zero-order valence-electron chi connectivity index (χ0n) is 27.3. The molecule has 0 spiro atoms. The van der Waals surface area contributed by atoms with Crippen molar-refractivity contribution in [2.24, 2.45) is 0 Å². The van der Waals surface area contributed by atoms with Crippen molar-refractivity contribution >= 4 is 22.7 Å². The van der Waals surface area contributed by atoms with E-state index in [0.29, 0.717) is 16.7 Å². The molecular weight excluding hydrogens is 629 g/mol. The van der Waals surface area contributed by atoms with E-state index in [9.17, 15) is 15.8 Å². The summed E-state index contributed by atoms with van der Waals surface area (Å²) in [5.74, 6) is 1.58. The van der Waals surface area contributed by atoms with Gasteiger partial charge < -0.3 is 14.1 Å². The number of fused-ring (bicyclic) bond motifs is 10. The third kappa shape index (κ3) is 4.26. The maximum Gasteiger partial charge on any atom is 0.167 e. The summed E-state index contributed by atoms with van der Waals surface area (Å²) >= 11 is 0. The van der Waals surface area contributed by atoms with Crippen LogP contribution in [0.5, 0.6) is 5.75 Å². The van der Waals surface area contributed by atoms with Crippen molar-refractivity contribution in [1.82, 2.24) is 0 Å². The lowest BCUT2D eigenvalue weighted by atomic mass is 9.83. The summed E-state index contributed by atoms with van der Waals surface area (Å²) in [6.45, 7) is 0. The fraction of sp³-hybridized carbons (Fsp3) is 0.133. The minimum atomic E-state index is -0.293. The molecule has 6 heteroatoms. The smallest absolute Gasteiger partial charge is 0.167 e. The Morgan fingerprint density at radius 2 is 1.65 bits per heavy atom. The molecule has 1 aromatic heterocycles. The number of nitrogens with zero attached hydrogens (tertiary/aromatic N) is 4. The first-order chi connectivity index (χ1) is 25.1. The predicted octanol–water partition coefficient (Wildman–Crippen LogP) is 10.0. The molecule has 51 heavy (non-hydrogen) atoms. The van der Waals surface area contributed by atoms with Crippen molar-refractivity contribution in [2.75, 3.05) is 4.90 Å². The van der Waals surface area contributed by atoms with Gasteiger partial charge in [0.25, 0.3) is 0 Å². The van der Waals surface area contributed by atoms with Crippen LogP contribution < -0.4 is 9.64 Å². The van der Waals surface area contributed by atoms with Crippen LogP contribution in [0.4, 0.5) is 5.69 Å². The second-order valence-electron chi connectivity index (χ2n) is 13.6. The highest BCUT2D eigenvalue weighted by Gasteiger charge is 2.43. The first-order valence-electron chi connectivity index (χ1n) is 17.2. The van der Waals surface area contributed by atoms with Gasteiger partial charge in [0.05, 0.1) is 35.2 Å². The molecule has 6 nitrogen and oxygen atoms in total. The molecule has 0 N–H and O–H groups in total. The number of nitriles is 3. The van der Waals surface area contributed by atoms with Gasteiger partial charge in [-0.3, -0.25) is 0 Å². The summed E-state index contributed by atoms with van der Waals surface area (Å²) in [7, 11) is 0. The lowest BCUT2D eigenvalue weighted by Crippen LogP contribution is -2.36. The molecule has 10 rings (SSSR count). The maximum atomic E-state index is 10.5. The van der Waals surface area contributed by atoms with E-state index < -0.39 is 0 Å². The molecule has 2 aliphatic heterocycles. The predicted molar refractivity (Wildman–Crippen MR) is 195 cm³/mol. The molecule has 0 bridgehead atoms. The Labute approximate surface area is 295 Å². The minimum absolute atomic E-state index is 0.0136. The molecule has 5 unspecified atom stereocenters. The number of anilines is 1. The van der Waals surface area contributed by atoms with E-state index >= 15 is 0 Å². The molecule has 240 valence electrons. The van der Waals surface area contributed by atoms with E-state index in [1.54, 1.807) is 0 Å². The van der Waals surface area contributed by atoms with Crippen molar-refractivity contribution in [2.45, 2.75) is 36.3 Å². The van der Waals surface area contributed by atoms with Gasteiger partial charge >= 0.3 is 0 Å². The van der Waals surface area contributed by atoms with Crippen molar-refractivity contribution in [1.29, 1.82) is 15.8 Å². The van der Waals surface area contributed by atoms with Crippen LogP contribution >= 0.6 is 0 Å². The Bertz CT molecular complexity index is 2630. The Morgan fingerprint density at radius 3 is 2.53 bits per heavy atom. The Hall–Kier alpha value is -6.81. The molecule has 0 saturated carbocycles. The van der Waals surface area contributed by atoms with Gasteiger partial charge in [0.2, 0.25) is 0 Å². The van der Waals surface area contributed by atoms with Crippen LogP contribution in [0, 0.1) is 34.0 Å². The van der Waals surface area contributed by atoms with E-state index in [1.165, 1.54) is 0 Å². The standard InChI is InChI=1S/C45H28N4O2/c46-23-26-12-17-40-36(20-26)33-9-3-4-11-39(33)49(40)43-30(25-48)7-5-10-32(43)28-14-19-42-38(22-28)35-16-15-34-37-21-27(31-8-2-1-6-29(31)24-47)13-18-41(37)50-44(34)45(35)51-42/h1-9,11-22,32,34,36,40,44H,10H2. The molecule has 0 saturated heterocycles. The minimum Gasteiger partial charge on any atom is -0.481 e. The number of para-hydroxylation sites is 1. The lowest BCUT2D eigenvalue weighted by molar-refractivity contribution is 0.193. The number of hydrogen-bond donors (Lipinski definition) is 0. The molecule has 3 aliphatic carbocycles. The van der Waals surface area contributed by atoms with Crippen molar-refractivity contribution in [3.63, 3.8) is 0 Å². The van der Waals surface area contributed by atoms with E-state index in [-0.39, 0.29) is 29.9 Å². The van der Waals surface area contributed by atoms with Crippen LogP contribution in [0.2, 0.25) is 0 Å². The molecule has 4 aromatic carbocycles. The van der Waals surface area contributed by atoms with Gasteiger partial charge in [0, 0.05) is 45.3 Å². The van der Waals surface area contributed by atoms with Gasteiger partial charge in [-0.15, -0.1) is 0 Å². The average molecular weight is 657 g/mol. The maximum absolute atomic E-state index is 10.5. The summed E-state index contributed by atoms with van der Waals surface area (Å²) in [6.07, 6.45) is 15.0. The third-order valence-electron chi connectivity index (χ3n) is 11.0. The Balaban J connectivity index is 1.03. The average Bonchev–Trinajstić information content (AvgIpc) is 3.86. The van der Waals surface area contributed by atoms with Gasteiger partial charge in [-0.05, 0) is 77.2 Å². The van der Waals surface area contributed by atoms with Gasteiger partial charge in [-0.2, -0.15) is 15.8 Å². The number of furan rings is 1. The third-order valence-corrected chi connectivity index (χ3v) is 11.0. The number of hydrogen-bond acceptors (Lipinski definition) is 6. The summed E-state index contributed by atoms with van der Waals surface area (Å²) in [4.78, 5) is 2.33. The highest BCUT2D eigenvalue weighted by atomic mass is 16.5. The van der Waals surface area contributed by atoms with E-state index in [2.05, 4.69) is 89.9 Å². The first kappa shape index (κ1) is 29.1. The zero-order chi connectivity index (χ0) is 34.2. The van der Waals surface area contributed by atoms with Crippen LogP contribution in [0.3, 0.4) is 0 Å². The monoisotopic (exact) mass is 656 g/mol. The molecule has 0 amide bonds. The SMILES string of the molecule is N#CC1=CC2c3ccccc3N(C3=C(C#N)C=CCC3c3ccc4oc5c(c4c3)C=CC3c4cc(-c6ccccc6C#N)ccc4OC53)C2C=C1. The fourth-order valence-corrected chi connectivity index (χ4v) is 8.76. The van der Waals surface area contributed by atoms with Gasteiger partial charge in [-0.25, -0.2) is 0 Å². The van der Waals surface area contributed by atoms with Gasteiger partial charge in [-0.1, -0.05) is 78.9 Å². The highest BCUT2D eigenvalue weighted by Crippen LogP contribution is 2.54. The Kier molecular flexibility index (Phi) is 6.35. The lowest BCUT2D eigenvalue weighted by Gasteiger charge is -2.37. The van der Waals surface area contributed by atoms with Crippen molar-refractivity contribution in [3.8, 4) is 35.1 Å². The first-order valence-corrected chi connectivity index (χ1v) is 17.2. The summed E-state index contributed by atoms with van der Waals surface area (Å²) < 4.78 is 13.2. The number of allylic oxidation sites excluding steroid dienone is 6. The molecule has 5 atom stereocenters. The van der Waals surface area contributed by atoms with Gasteiger partial charge in [0.1, 0.15) is 17.4 Å². The second-order valence-corrected chi connectivity index (χ2v) is 13.6. The van der Waals surface area contributed by atoms with E-state index in [1.807, 2.05) is 60.7 Å². The largest absolute Gasteiger partial charge is 0.481 e. The van der Waals surface area contributed by atoms with Crippen LogP contribution in [0.1, 0.15) is 63.9 Å². The van der Waals surface area contributed by atoms with Crippen molar-refractivity contribution < 1.29 is 9.15 Å². The van der Waals surface area contributed by atoms with E-state index in [0.717, 1.165) is 73.7 Å². The molecule has 0 radical (unpaired) electrons. The summed E-state index contributed by atoms with van der Waals surface area (Å²) in [5, 5.41) is 30.9. The van der Waals surface area contributed by atoms with Crippen LogP contribution in [-0.2, 0) is 0 Å². The van der Waals surface area contributed by atoms with Crippen LogP contribution in [0.25, 0.3) is 28.2 Å². The fourth-order valence-electron chi connectivity index (χ4n) is 8.76. The number of rotatable bonds is 3. The highest BCUT2D eigenvalue weighted by molar-refractivity contribution is 5.91. The zero-order valence-corrected chi connectivity index (χ0v) is 27.3. The normalized spacial score (nSPS) is 23.3. The number of ether oxygens (including phenoxy) is 1. The summed E-state index contributed by atoms with van der Waals surface area (Å²) in [6, 6.07) is 35.7. The quantitative estimate of drug-likeness (QED) is 0.192. The molecule has 5 aromatic rings. The summed E-state index contributed by atoms with van der Waals surface area (Å²) in [5.41, 5.74) is 11.1. The van der Waals surface area contributed by atoms with Crippen LogP contribution in [0.15, 0.2) is 143 Å². The molecule has 0 fully saturated rings. The van der Waals surface area contributed by atoms with Gasteiger partial charge in [0.15, 0.2) is 11.9 Å². The number of benzene rings is 4. The Morgan fingerprint density at radius 1 is 0.765 bits per heavy atom.